The Balaban J connectivity index is 0.000000861. The van der Waals surface area contributed by atoms with E-state index in [1.54, 1.807) is 6.07 Å². The van der Waals surface area contributed by atoms with E-state index in [1.807, 2.05) is 26.0 Å². The molecular weight excluding hydrogens is 256 g/mol. The molecule has 1 aliphatic rings. The van der Waals surface area contributed by atoms with Crippen LogP contribution in [0.1, 0.15) is 57.9 Å². The van der Waals surface area contributed by atoms with E-state index in [-0.39, 0.29) is 0 Å². The van der Waals surface area contributed by atoms with E-state index in [1.165, 1.54) is 37.5 Å². The van der Waals surface area contributed by atoms with Crippen LogP contribution in [0.25, 0.3) is 0 Å². The van der Waals surface area contributed by atoms with Crippen molar-refractivity contribution in [2.24, 2.45) is 5.92 Å². The van der Waals surface area contributed by atoms with Crippen molar-refractivity contribution < 1.29 is 8.42 Å². The van der Waals surface area contributed by atoms with Gasteiger partial charge in [0.15, 0.2) is 9.84 Å². The summed E-state index contributed by atoms with van der Waals surface area (Å²) < 4.78 is 23.0. The lowest BCUT2D eigenvalue weighted by molar-refractivity contribution is 0.347. The zero-order chi connectivity index (χ0) is 14.5. The third-order valence-electron chi connectivity index (χ3n) is 3.77. The molecule has 0 N–H and O–H groups in total. The Morgan fingerprint density at radius 1 is 1.05 bits per heavy atom. The first-order valence-electron chi connectivity index (χ1n) is 7.27. The van der Waals surface area contributed by atoms with Crippen LogP contribution in [0.3, 0.4) is 0 Å². The zero-order valence-corrected chi connectivity index (χ0v) is 13.3. The molecule has 0 saturated heterocycles. The van der Waals surface area contributed by atoms with E-state index in [4.69, 9.17) is 0 Å². The Bertz CT molecular complexity index is 483. The molecule has 0 unspecified atom stereocenters. The average Bonchev–Trinajstić information content (AvgIpc) is 2.41. The van der Waals surface area contributed by atoms with E-state index in [0.717, 1.165) is 5.92 Å². The topological polar surface area (TPSA) is 34.1 Å². The highest BCUT2D eigenvalue weighted by atomic mass is 32.2. The number of hydrogen-bond acceptors (Lipinski definition) is 2. The van der Waals surface area contributed by atoms with Crippen LogP contribution in [0.2, 0.25) is 0 Å². The monoisotopic (exact) mass is 282 g/mol. The molecule has 1 fully saturated rings. The van der Waals surface area contributed by atoms with Crippen LogP contribution in [0.5, 0.6) is 0 Å². The van der Waals surface area contributed by atoms with Crippen LogP contribution in [0, 0.1) is 5.92 Å². The Morgan fingerprint density at radius 2 is 1.63 bits per heavy atom. The fourth-order valence-corrected chi connectivity index (χ4v) is 3.27. The van der Waals surface area contributed by atoms with Crippen LogP contribution < -0.4 is 0 Å². The molecule has 2 nitrogen and oxygen atoms in total. The first-order valence-corrected chi connectivity index (χ1v) is 9.16. The number of benzene rings is 1. The van der Waals surface area contributed by atoms with Crippen LogP contribution in [0.15, 0.2) is 29.2 Å². The molecule has 0 radical (unpaired) electrons. The summed E-state index contributed by atoms with van der Waals surface area (Å²) in [6.45, 7) is 6.29. The second-order valence-corrected chi connectivity index (χ2v) is 7.32. The summed E-state index contributed by atoms with van der Waals surface area (Å²) in [5, 5.41) is 0. The molecular formula is C16H26O2S. The summed E-state index contributed by atoms with van der Waals surface area (Å²) in [5.74, 6) is 1.37. The van der Waals surface area contributed by atoms with Crippen molar-refractivity contribution in [1.82, 2.24) is 0 Å². The summed E-state index contributed by atoms with van der Waals surface area (Å²) in [4.78, 5) is 0.452. The maximum absolute atomic E-state index is 11.5. The van der Waals surface area contributed by atoms with E-state index >= 15 is 0 Å². The molecule has 0 aromatic heterocycles. The van der Waals surface area contributed by atoms with Gasteiger partial charge in [-0.3, -0.25) is 0 Å². The minimum atomic E-state index is -3.07. The lowest BCUT2D eigenvalue weighted by atomic mass is 9.79. The third-order valence-corrected chi connectivity index (χ3v) is 4.88. The molecule has 0 bridgehead atoms. The van der Waals surface area contributed by atoms with E-state index in [0.29, 0.717) is 10.8 Å². The molecule has 3 heteroatoms. The molecule has 0 aliphatic heterocycles. The molecule has 19 heavy (non-hydrogen) atoms. The third kappa shape index (κ3) is 4.64. The average molecular weight is 282 g/mol. The minimum absolute atomic E-state index is 0.452. The van der Waals surface area contributed by atoms with Gasteiger partial charge >= 0.3 is 0 Å². The zero-order valence-electron chi connectivity index (χ0n) is 12.5. The summed E-state index contributed by atoms with van der Waals surface area (Å²) in [6, 6.07) is 7.47. The van der Waals surface area contributed by atoms with Gasteiger partial charge in [0.25, 0.3) is 0 Å². The smallest absolute Gasteiger partial charge is 0.175 e. The predicted molar refractivity (Wildman–Crippen MR) is 81.3 cm³/mol. The van der Waals surface area contributed by atoms with Gasteiger partial charge in [-0.1, -0.05) is 45.7 Å². The molecule has 1 saturated carbocycles. The van der Waals surface area contributed by atoms with E-state index < -0.39 is 9.84 Å². The summed E-state index contributed by atoms with van der Waals surface area (Å²) in [6.07, 6.45) is 6.17. The fourth-order valence-electron chi connectivity index (χ4n) is 2.59. The number of hydrogen-bond donors (Lipinski definition) is 0. The lowest BCUT2D eigenvalue weighted by Gasteiger charge is -2.26. The van der Waals surface area contributed by atoms with Gasteiger partial charge in [-0.15, -0.1) is 0 Å². The van der Waals surface area contributed by atoms with Crippen LogP contribution in [-0.2, 0) is 9.84 Å². The van der Waals surface area contributed by atoms with Gasteiger partial charge in [0.1, 0.15) is 0 Å². The van der Waals surface area contributed by atoms with Crippen LogP contribution >= 0.6 is 0 Å². The maximum atomic E-state index is 11.5. The number of sulfone groups is 1. The van der Waals surface area contributed by atoms with Crippen molar-refractivity contribution in [2.45, 2.75) is 57.3 Å². The molecule has 0 heterocycles. The molecule has 1 aromatic carbocycles. The molecule has 1 aromatic rings. The van der Waals surface area contributed by atoms with Gasteiger partial charge in [0.05, 0.1) is 4.90 Å². The van der Waals surface area contributed by atoms with Crippen molar-refractivity contribution in [3.63, 3.8) is 0 Å². The van der Waals surface area contributed by atoms with Gasteiger partial charge in [-0.05, 0) is 42.4 Å². The predicted octanol–water partition coefficient (Wildman–Crippen LogP) is 4.41. The van der Waals surface area contributed by atoms with E-state index in [9.17, 15) is 8.42 Å². The Hall–Kier alpha value is -0.830. The van der Waals surface area contributed by atoms with E-state index in [2.05, 4.69) is 13.0 Å². The maximum Gasteiger partial charge on any atom is 0.175 e. The van der Waals surface area contributed by atoms with Gasteiger partial charge in [0.2, 0.25) is 0 Å². The normalized spacial score (nSPS) is 23.4. The minimum Gasteiger partial charge on any atom is -0.224 e. The highest BCUT2D eigenvalue weighted by molar-refractivity contribution is 7.90. The Labute approximate surface area is 118 Å². The van der Waals surface area contributed by atoms with Crippen molar-refractivity contribution in [2.75, 3.05) is 6.26 Å². The molecule has 0 spiro atoms. The summed E-state index contributed by atoms with van der Waals surface area (Å²) in [7, 11) is -3.07. The quantitative estimate of drug-likeness (QED) is 0.805. The first kappa shape index (κ1) is 16.2. The van der Waals surface area contributed by atoms with Crippen molar-refractivity contribution in [3.05, 3.63) is 29.8 Å². The van der Waals surface area contributed by atoms with Crippen LogP contribution in [0.4, 0.5) is 0 Å². The summed E-state index contributed by atoms with van der Waals surface area (Å²) >= 11 is 0. The molecule has 0 atom stereocenters. The van der Waals surface area contributed by atoms with Crippen molar-refractivity contribution in [3.8, 4) is 0 Å². The van der Waals surface area contributed by atoms with Gasteiger partial charge in [-0.2, -0.15) is 0 Å². The standard InChI is InChI=1S/C14H20O2S.C2H6/c1-11-6-8-12(9-7-11)13-4-3-5-14(10-13)17(2,15)16;1-2/h3-5,10-12H,6-9H2,1-2H3;1-2H3. The van der Waals surface area contributed by atoms with Gasteiger partial charge < -0.3 is 0 Å². The van der Waals surface area contributed by atoms with Gasteiger partial charge in [0, 0.05) is 6.26 Å². The molecule has 1 aliphatic carbocycles. The van der Waals surface area contributed by atoms with Crippen molar-refractivity contribution in [1.29, 1.82) is 0 Å². The fraction of sp³-hybridized carbons (Fsp3) is 0.625. The highest BCUT2D eigenvalue weighted by Crippen LogP contribution is 2.35. The second-order valence-electron chi connectivity index (χ2n) is 5.30. The molecule has 0 amide bonds. The van der Waals surface area contributed by atoms with Crippen LogP contribution in [-0.4, -0.2) is 14.7 Å². The largest absolute Gasteiger partial charge is 0.224 e. The number of rotatable bonds is 2. The summed E-state index contributed by atoms with van der Waals surface area (Å²) in [5.41, 5.74) is 1.19. The second kappa shape index (κ2) is 7.09. The molecule has 108 valence electrons. The Morgan fingerprint density at radius 3 is 2.16 bits per heavy atom. The highest BCUT2D eigenvalue weighted by Gasteiger charge is 2.20. The van der Waals surface area contributed by atoms with Gasteiger partial charge in [-0.25, -0.2) is 8.42 Å². The first-order chi connectivity index (χ1) is 8.97. The lowest BCUT2D eigenvalue weighted by Crippen LogP contribution is -2.11. The van der Waals surface area contributed by atoms with Crippen molar-refractivity contribution >= 4 is 9.84 Å². The Kier molecular flexibility index (Phi) is 6.05. The SMILES string of the molecule is CC.CC1CCC(c2cccc(S(C)(=O)=O)c2)CC1. The molecule has 2 rings (SSSR count).